The minimum atomic E-state index is -0.870. The quantitative estimate of drug-likeness (QED) is 0.856. The Labute approximate surface area is 137 Å². The van der Waals surface area contributed by atoms with Crippen molar-refractivity contribution in [2.75, 3.05) is 20.2 Å². The normalized spacial score (nSPS) is 17.0. The number of nitrogens with zero attached hydrogens (tertiary/aromatic N) is 3. The van der Waals surface area contributed by atoms with E-state index >= 15 is 0 Å². The molecule has 1 aliphatic rings. The third-order valence-electron chi connectivity index (χ3n) is 3.71. The summed E-state index contributed by atoms with van der Waals surface area (Å²) in [6.45, 7) is 0.716. The summed E-state index contributed by atoms with van der Waals surface area (Å²) in [6, 6.07) is 6.15. The van der Waals surface area contributed by atoms with Crippen LogP contribution in [0.15, 0.2) is 30.3 Å². The molecule has 0 N–H and O–H groups in total. The Morgan fingerprint density at radius 2 is 1.96 bits per heavy atom. The molecule has 0 bridgehead atoms. The highest BCUT2D eigenvalue weighted by Gasteiger charge is 2.30. The highest BCUT2D eigenvalue weighted by molar-refractivity contribution is 5.94. The van der Waals surface area contributed by atoms with Gasteiger partial charge >= 0.3 is 0 Å². The highest BCUT2D eigenvalue weighted by atomic mass is 19.1. The first-order chi connectivity index (χ1) is 11.6. The Hall–Kier alpha value is -2.77. The van der Waals surface area contributed by atoms with Crippen LogP contribution in [-0.4, -0.2) is 47.3 Å². The Morgan fingerprint density at radius 1 is 1.21 bits per heavy atom. The number of amides is 1. The maximum absolute atomic E-state index is 13.7. The molecule has 1 unspecified atom stereocenters. The predicted octanol–water partition coefficient (Wildman–Crippen LogP) is 2.06. The first kappa shape index (κ1) is 16.1. The number of rotatable bonds is 4. The first-order valence-electron chi connectivity index (χ1n) is 7.35. The van der Waals surface area contributed by atoms with Gasteiger partial charge in [0.15, 0.2) is 0 Å². The van der Waals surface area contributed by atoms with Crippen molar-refractivity contribution in [1.29, 1.82) is 0 Å². The standard InChI is InChI=1S/C16H15F2N3O3/c1-23-14-4-5-15(20-19-14)24-11-6-7-21(9-11)16(22)12-3-2-10(17)8-13(12)18/h2-5,8,11H,6-7,9H2,1H3. The number of ether oxygens (including phenoxy) is 2. The van der Waals surface area contributed by atoms with E-state index < -0.39 is 17.5 Å². The molecule has 0 aliphatic carbocycles. The minimum absolute atomic E-state index is 0.152. The van der Waals surface area contributed by atoms with Gasteiger partial charge in [0.05, 0.1) is 19.2 Å². The first-order valence-corrected chi connectivity index (χ1v) is 7.35. The fourth-order valence-electron chi connectivity index (χ4n) is 2.49. The van der Waals surface area contributed by atoms with Crippen molar-refractivity contribution in [3.05, 3.63) is 47.5 Å². The van der Waals surface area contributed by atoms with E-state index in [0.717, 1.165) is 12.1 Å². The van der Waals surface area contributed by atoms with Gasteiger partial charge in [0.2, 0.25) is 11.8 Å². The second-order valence-corrected chi connectivity index (χ2v) is 5.32. The number of hydrogen-bond acceptors (Lipinski definition) is 5. The summed E-state index contributed by atoms with van der Waals surface area (Å²) in [5.41, 5.74) is -0.152. The topological polar surface area (TPSA) is 64.6 Å². The third-order valence-corrected chi connectivity index (χ3v) is 3.71. The number of halogens is 2. The molecule has 2 heterocycles. The molecule has 1 fully saturated rings. The van der Waals surface area contributed by atoms with E-state index in [-0.39, 0.29) is 11.7 Å². The summed E-state index contributed by atoms with van der Waals surface area (Å²) in [6.07, 6.45) is 0.322. The molecule has 0 saturated carbocycles. The van der Waals surface area contributed by atoms with E-state index in [1.165, 1.54) is 12.0 Å². The molecule has 3 rings (SSSR count). The lowest BCUT2D eigenvalue weighted by molar-refractivity contribution is 0.0766. The van der Waals surface area contributed by atoms with Crippen molar-refractivity contribution in [2.45, 2.75) is 12.5 Å². The van der Waals surface area contributed by atoms with Crippen LogP contribution in [0.25, 0.3) is 0 Å². The average molecular weight is 335 g/mol. The monoisotopic (exact) mass is 335 g/mol. The van der Waals surface area contributed by atoms with Gasteiger partial charge in [-0.15, -0.1) is 10.2 Å². The van der Waals surface area contributed by atoms with Crippen LogP contribution in [-0.2, 0) is 0 Å². The highest BCUT2D eigenvalue weighted by Crippen LogP contribution is 2.20. The Morgan fingerprint density at radius 3 is 2.62 bits per heavy atom. The second-order valence-electron chi connectivity index (χ2n) is 5.32. The van der Waals surface area contributed by atoms with Crippen molar-refractivity contribution in [1.82, 2.24) is 15.1 Å². The van der Waals surface area contributed by atoms with E-state index in [4.69, 9.17) is 9.47 Å². The zero-order chi connectivity index (χ0) is 17.1. The van der Waals surface area contributed by atoms with Crippen LogP contribution < -0.4 is 9.47 Å². The van der Waals surface area contributed by atoms with Crippen LogP contribution in [0.2, 0.25) is 0 Å². The van der Waals surface area contributed by atoms with Crippen LogP contribution in [0.4, 0.5) is 8.78 Å². The second kappa shape index (κ2) is 6.77. The summed E-state index contributed by atoms with van der Waals surface area (Å²) in [7, 11) is 1.49. The number of aromatic nitrogens is 2. The van der Waals surface area contributed by atoms with Gasteiger partial charge in [-0.3, -0.25) is 4.79 Å². The summed E-state index contributed by atoms with van der Waals surface area (Å²) in [4.78, 5) is 13.8. The molecular weight excluding hydrogens is 320 g/mol. The van der Waals surface area contributed by atoms with E-state index in [1.54, 1.807) is 12.1 Å². The fraction of sp³-hybridized carbons (Fsp3) is 0.312. The molecule has 8 heteroatoms. The lowest BCUT2D eigenvalue weighted by atomic mass is 10.2. The van der Waals surface area contributed by atoms with Gasteiger partial charge in [0.1, 0.15) is 17.7 Å². The van der Waals surface area contributed by atoms with E-state index in [0.29, 0.717) is 37.3 Å². The van der Waals surface area contributed by atoms with Gasteiger partial charge < -0.3 is 14.4 Å². The SMILES string of the molecule is COc1ccc(OC2CCN(C(=O)c3ccc(F)cc3F)C2)nn1. The van der Waals surface area contributed by atoms with Crippen LogP contribution in [0.1, 0.15) is 16.8 Å². The van der Waals surface area contributed by atoms with E-state index in [2.05, 4.69) is 10.2 Å². The maximum atomic E-state index is 13.7. The summed E-state index contributed by atoms with van der Waals surface area (Å²) >= 11 is 0. The fourth-order valence-corrected chi connectivity index (χ4v) is 2.49. The zero-order valence-electron chi connectivity index (χ0n) is 12.9. The third kappa shape index (κ3) is 3.42. The van der Waals surface area contributed by atoms with Gasteiger partial charge in [-0.05, 0) is 12.1 Å². The number of likely N-dealkylation sites (tertiary alicyclic amines) is 1. The molecule has 1 atom stereocenters. The molecule has 126 valence electrons. The minimum Gasteiger partial charge on any atom is -0.480 e. The van der Waals surface area contributed by atoms with Crippen LogP contribution in [0.5, 0.6) is 11.8 Å². The molecular formula is C16H15F2N3O3. The van der Waals surface area contributed by atoms with Crippen molar-refractivity contribution in [2.24, 2.45) is 0 Å². The summed E-state index contributed by atoms with van der Waals surface area (Å²) in [5, 5.41) is 7.66. The summed E-state index contributed by atoms with van der Waals surface area (Å²) < 4.78 is 37.2. The molecule has 2 aromatic rings. The van der Waals surface area contributed by atoms with Gasteiger partial charge in [0.25, 0.3) is 5.91 Å². The number of methoxy groups -OCH3 is 1. The number of benzene rings is 1. The molecule has 1 saturated heterocycles. The van der Waals surface area contributed by atoms with Crippen molar-refractivity contribution < 1.29 is 23.0 Å². The van der Waals surface area contributed by atoms with Gasteiger partial charge in [-0.2, -0.15) is 0 Å². The predicted molar refractivity (Wildman–Crippen MR) is 79.9 cm³/mol. The Bertz CT molecular complexity index is 740. The van der Waals surface area contributed by atoms with Crippen LogP contribution >= 0.6 is 0 Å². The van der Waals surface area contributed by atoms with Crippen LogP contribution in [0, 0.1) is 11.6 Å². The smallest absolute Gasteiger partial charge is 0.256 e. The molecule has 0 spiro atoms. The van der Waals surface area contributed by atoms with E-state index in [1.807, 2.05) is 0 Å². The van der Waals surface area contributed by atoms with Gasteiger partial charge in [-0.25, -0.2) is 8.78 Å². The largest absolute Gasteiger partial charge is 0.480 e. The molecule has 1 aromatic heterocycles. The molecule has 24 heavy (non-hydrogen) atoms. The Kier molecular flexibility index (Phi) is 4.54. The van der Waals surface area contributed by atoms with Crippen molar-refractivity contribution in [3.63, 3.8) is 0 Å². The molecule has 6 nitrogen and oxygen atoms in total. The molecule has 1 aliphatic heterocycles. The average Bonchev–Trinajstić information content (AvgIpc) is 3.03. The lowest BCUT2D eigenvalue weighted by Gasteiger charge is -2.17. The van der Waals surface area contributed by atoms with Crippen LogP contribution in [0.3, 0.4) is 0 Å². The number of carbonyl (C=O) groups excluding carboxylic acids is 1. The lowest BCUT2D eigenvalue weighted by Crippen LogP contribution is -2.31. The molecule has 1 aromatic carbocycles. The maximum Gasteiger partial charge on any atom is 0.256 e. The Balaban J connectivity index is 1.63. The zero-order valence-corrected chi connectivity index (χ0v) is 12.9. The number of hydrogen-bond donors (Lipinski definition) is 0. The molecule has 1 amide bonds. The molecule has 0 radical (unpaired) electrons. The van der Waals surface area contributed by atoms with E-state index in [9.17, 15) is 13.6 Å². The van der Waals surface area contributed by atoms with Crippen molar-refractivity contribution >= 4 is 5.91 Å². The van der Waals surface area contributed by atoms with Gasteiger partial charge in [-0.1, -0.05) is 0 Å². The van der Waals surface area contributed by atoms with Gasteiger partial charge in [0, 0.05) is 31.2 Å². The number of carbonyl (C=O) groups is 1. The summed E-state index contributed by atoms with van der Waals surface area (Å²) in [5.74, 6) is -1.38. The van der Waals surface area contributed by atoms with Crippen molar-refractivity contribution in [3.8, 4) is 11.8 Å².